The Morgan fingerprint density at radius 1 is 1.53 bits per heavy atom. The predicted molar refractivity (Wildman–Crippen MR) is 71.7 cm³/mol. The number of hydrogen-bond donors (Lipinski definition) is 2. The maximum atomic E-state index is 12.0. The molecule has 0 aromatic heterocycles. The summed E-state index contributed by atoms with van der Waals surface area (Å²) in [5.41, 5.74) is 1.83. The molecule has 1 saturated heterocycles. The van der Waals surface area contributed by atoms with Crippen molar-refractivity contribution in [2.75, 3.05) is 25.9 Å². The number of hydrogen-bond acceptors (Lipinski definition) is 3. The third kappa shape index (κ3) is 3.01. The maximum Gasteiger partial charge on any atom is 0.251 e. The van der Waals surface area contributed by atoms with Crippen molar-refractivity contribution in [2.45, 2.75) is 11.8 Å². The Morgan fingerprint density at radius 2 is 2.29 bits per heavy atom. The Morgan fingerprint density at radius 3 is 2.88 bits per heavy atom. The van der Waals surface area contributed by atoms with Crippen LogP contribution in [0.5, 0.6) is 0 Å². The Bertz CT molecular complexity index is 416. The second kappa shape index (κ2) is 5.56. The van der Waals surface area contributed by atoms with Gasteiger partial charge in [0.15, 0.2) is 0 Å². The molecule has 0 spiro atoms. The fourth-order valence-electron chi connectivity index (χ4n) is 1.80. The van der Waals surface area contributed by atoms with Gasteiger partial charge >= 0.3 is 0 Å². The van der Waals surface area contributed by atoms with Crippen LogP contribution in [0.25, 0.3) is 0 Å². The summed E-state index contributed by atoms with van der Waals surface area (Å²) in [5.74, 6) is 0.647. The highest BCUT2D eigenvalue weighted by Crippen LogP contribution is 2.19. The zero-order valence-electron chi connectivity index (χ0n) is 10.2. The molecule has 92 valence electrons. The molecule has 0 aliphatic carbocycles. The zero-order chi connectivity index (χ0) is 12.3. The van der Waals surface area contributed by atoms with Gasteiger partial charge in [0.1, 0.15) is 0 Å². The summed E-state index contributed by atoms with van der Waals surface area (Å²) in [7, 11) is 0. The first-order valence-electron chi connectivity index (χ1n) is 5.84. The monoisotopic (exact) mass is 250 g/mol. The fourth-order valence-corrected chi connectivity index (χ4v) is 2.24. The van der Waals surface area contributed by atoms with Gasteiger partial charge < -0.3 is 10.6 Å². The normalized spacial score (nSPS) is 15.4. The smallest absolute Gasteiger partial charge is 0.251 e. The van der Waals surface area contributed by atoms with E-state index in [0.717, 1.165) is 35.7 Å². The van der Waals surface area contributed by atoms with E-state index in [2.05, 4.69) is 10.6 Å². The lowest BCUT2D eigenvalue weighted by atomic mass is 10.0. The molecule has 1 aromatic rings. The SMILES string of the molecule is CSc1ccc(C)c(C(=O)NCC2CNC2)c1. The van der Waals surface area contributed by atoms with Crippen LogP contribution in [0.15, 0.2) is 23.1 Å². The molecule has 1 aliphatic heterocycles. The van der Waals surface area contributed by atoms with Crippen LogP contribution in [0.4, 0.5) is 0 Å². The highest BCUT2D eigenvalue weighted by Gasteiger charge is 2.18. The minimum Gasteiger partial charge on any atom is -0.352 e. The van der Waals surface area contributed by atoms with Crippen molar-refractivity contribution in [3.63, 3.8) is 0 Å². The number of benzene rings is 1. The van der Waals surface area contributed by atoms with Gasteiger partial charge in [-0.3, -0.25) is 4.79 Å². The summed E-state index contributed by atoms with van der Waals surface area (Å²) < 4.78 is 0. The first kappa shape index (κ1) is 12.5. The summed E-state index contributed by atoms with van der Waals surface area (Å²) in [4.78, 5) is 13.2. The largest absolute Gasteiger partial charge is 0.352 e. The number of thioether (sulfide) groups is 1. The van der Waals surface area contributed by atoms with Crippen LogP contribution in [0.2, 0.25) is 0 Å². The van der Waals surface area contributed by atoms with Crippen LogP contribution in [-0.2, 0) is 0 Å². The molecule has 1 amide bonds. The summed E-state index contributed by atoms with van der Waals surface area (Å²) in [5, 5.41) is 6.20. The van der Waals surface area contributed by atoms with Crippen LogP contribution in [-0.4, -0.2) is 31.8 Å². The molecule has 1 heterocycles. The Hall–Kier alpha value is -1.00. The molecule has 17 heavy (non-hydrogen) atoms. The van der Waals surface area contributed by atoms with E-state index >= 15 is 0 Å². The van der Waals surface area contributed by atoms with Crippen molar-refractivity contribution in [1.29, 1.82) is 0 Å². The average molecular weight is 250 g/mol. The van der Waals surface area contributed by atoms with Gasteiger partial charge in [-0.15, -0.1) is 11.8 Å². The summed E-state index contributed by atoms with van der Waals surface area (Å²) in [6.45, 7) is 4.78. The molecule has 0 unspecified atom stereocenters. The molecule has 1 aliphatic rings. The second-order valence-electron chi connectivity index (χ2n) is 4.42. The van der Waals surface area contributed by atoms with Crippen molar-refractivity contribution in [2.24, 2.45) is 5.92 Å². The molecule has 1 aromatic carbocycles. The molecule has 4 heteroatoms. The molecule has 1 fully saturated rings. The van der Waals surface area contributed by atoms with Crippen molar-refractivity contribution >= 4 is 17.7 Å². The van der Waals surface area contributed by atoms with E-state index in [4.69, 9.17) is 0 Å². The molecule has 3 nitrogen and oxygen atoms in total. The standard InChI is InChI=1S/C13H18N2OS/c1-9-3-4-11(17-2)5-12(9)13(16)15-8-10-6-14-7-10/h3-5,10,14H,6-8H2,1-2H3,(H,15,16). The highest BCUT2D eigenvalue weighted by molar-refractivity contribution is 7.98. The van der Waals surface area contributed by atoms with Gasteiger partial charge in [-0.2, -0.15) is 0 Å². The molecular formula is C13H18N2OS. The molecule has 0 atom stereocenters. The zero-order valence-corrected chi connectivity index (χ0v) is 11.1. The average Bonchev–Trinajstić information content (AvgIpc) is 2.27. The van der Waals surface area contributed by atoms with Gasteiger partial charge in [-0.05, 0) is 30.9 Å². The van der Waals surface area contributed by atoms with E-state index in [1.54, 1.807) is 11.8 Å². The molecule has 0 radical (unpaired) electrons. The first-order valence-corrected chi connectivity index (χ1v) is 7.06. The maximum absolute atomic E-state index is 12.0. The minimum atomic E-state index is 0.0466. The fraction of sp³-hybridized carbons (Fsp3) is 0.462. The number of nitrogens with one attached hydrogen (secondary N) is 2. The Kier molecular flexibility index (Phi) is 4.07. The molecule has 0 saturated carbocycles. The van der Waals surface area contributed by atoms with Crippen LogP contribution < -0.4 is 10.6 Å². The predicted octanol–water partition coefficient (Wildman–Crippen LogP) is 1.67. The number of carbonyl (C=O) groups is 1. The van der Waals surface area contributed by atoms with Gasteiger partial charge in [0, 0.05) is 36.0 Å². The lowest BCUT2D eigenvalue weighted by molar-refractivity contribution is 0.0941. The third-order valence-electron chi connectivity index (χ3n) is 3.11. The Balaban J connectivity index is 2.01. The topological polar surface area (TPSA) is 41.1 Å². The van der Waals surface area contributed by atoms with Crippen LogP contribution in [0, 0.1) is 12.8 Å². The number of rotatable bonds is 4. The summed E-state index contributed by atoms with van der Waals surface area (Å²) in [6, 6.07) is 6.02. The van der Waals surface area contributed by atoms with E-state index in [0.29, 0.717) is 5.92 Å². The van der Waals surface area contributed by atoms with Crippen LogP contribution in [0.3, 0.4) is 0 Å². The lowest BCUT2D eigenvalue weighted by Crippen LogP contribution is -2.48. The van der Waals surface area contributed by atoms with Gasteiger partial charge in [-0.25, -0.2) is 0 Å². The van der Waals surface area contributed by atoms with Gasteiger partial charge in [0.25, 0.3) is 5.91 Å². The van der Waals surface area contributed by atoms with Crippen molar-refractivity contribution < 1.29 is 4.79 Å². The summed E-state index contributed by atoms with van der Waals surface area (Å²) >= 11 is 1.66. The number of amides is 1. The van der Waals surface area contributed by atoms with Crippen LogP contribution in [0.1, 0.15) is 15.9 Å². The quantitative estimate of drug-likeness (QED) is 0.799. The highest BCUT2D eigenvalue weighted by atomic mass is 32.2. The molecule has 0 bridgehead atoms. The summed E-state index contributed by atoms with van der Waals surface area (Å²) in [6.07, 6.45) is 2.02. The van der Waals surface area contributed by atoms with E-state index < -0.39 is 0 Å². The van der Waals surface area contributed by atoms with E-state index in [9.17, 15) is 4.79 Å². The van der Waals surface area contributed by atoms with Crippen molar-refractivity contribution in [3.05, 3.63) is 29.3 Å². The molecule has 2 rings (SSSR count). The lowest BCUT2D eigenvalue weighted by Gasteiger charge is -2.27. The number of carbonyl (C=O) groups excluding carboxylic acids is 1. The van der Waals surface area contributed by atoms with E-state index in [1.807, 2.05) is 31.4 Å². The van der Waals surface area contributed by atoms with Crippen molar-refractivity contribution in [1.82, 2.24) is 10.6 Å². The first-order chi connectivity index (χ1) is 8.20. The van der Waals surface area contributed by atoms with Gasteiger partial charge in [-0.1, -0.05) is 6.07 Å². The number of aryl methyl sites for hydroxylation is 1. The van der Waals surface area contributed by atoms with E-state index in [-0.39, 0.29) is 5.91 Å². The van der Waals surface area contributed by atoms with Crippen molar-refractivity contribution in [3.8, 4) is 0 Å². The Labute approximate surface area is 106 Å². The third-order valence-corrected chi connectivity index (χ3v) is 3.83. The van der Waals surface area contributed by atoms with Gasteiger partial charge in [0.2, 0.25) is 0 Å². The van der Waals surface area contributed by atoms with Crippen LogP contribution >= 0.6 is 11.8 Å². The second-order valence-corrected chi connectivity index (χ2v) is 5.29. The molecule has 2 N–H and O–H groups in total. The van der Waals surface area contributed by atoms with Gasteiger partial charge in [0.05, 0.1) is 0 Å². The minimum absolute atomic E-state index is 0.0466. The molecular weight excluding hydrogens is 232 g/mol. The van der Waals surface area contributed by atoms with E-state index in [1.165, 1.54) is 0 Å².